The summed E-state index contributed by atoms with van der Waals surface area (Å²) >= 11 is 6.07. The second-order valence-electron chi connectivity index (χ2n) is 5.20. The van der Waals surface area contributed by atoms with Crippen molar-refractivity contribution in [3.8, 4) is 0 Å². The largest absolute Gasteiger partial charge is 0.465 e. The van der Waals surface area contributed by atoms with E-state index in [-0.39, 0.29) is 17.2 Å². The van der Waals surface area contributed by atoms with Gasteiger partial charge in [0.2, 0.25) is 0 Å². The Morgan fingerprint density at radius 1 is 1.35 bits per heavy atom. The molecule has 0 amide bonds. The van der Waals surface area contributed by atoms with Crippen LogP contribution in [-0.4, -0.2) is 24.1 Å². The Morgan fingerprint density at radius 2 is 2.00 bits per heavy atom. The molecule has 20 heavy (non-hydrogen) atoms. The molecular formula is C15H15ClO4. The summed E-state index contributed by atoms with van der Waals surface area (Å²) < 4.78 is 4.85. The minimum absolute atomic E-state index is 0.117. The molecule has 0 saturated carbocycles. The Hall–Kier alpha value is -1.68. The van der Waals surface area contributed by atoms with Gasteiger partial charge in [-0.25, -0.2) is 0 Å². The molecule has 0 fully saturated rings. The highest BCUT2D eigenvalue weighted by molar-refractivity contribution is 6.38. The van der Waals surface area contributed by atoms with E-state index in [2.05, 4.69) is 0 Å². The molecule has 1 aromatic rings. The first-order valence-electron chi connectivity index (χ1n) is 6.36. The average molecular weight is 295 g/mol. The van der Waals surface area contributed by atoms with E-state index in [4.69, 9.17) is 16.3 Å². The summed E-state index contributed by atoms with van der Waals surface area (Å²) in [5.74, 6) is -3.25. The topological polar surface area (TPSA) is 60.4 Å². The number of halogens is 1. The van der Waals surface area contributed by atoms with Crippen LogP contribution in [-0.2, 0) is 19.7 Å². The number of carbonyl (C=O) groups excluding carboxylic acids is 3. The van der Waals surface area contributed by atoms with Gasteiger partial charge in [-0.2, -0.15) is 0 Å². The van der Waals surface area contributed by atoms with Crippen LogP contribution in [0.2, 0.25) is 5.02 Å². The fourth-order valence-corrected chi connectivity index (χ4v) is 2.76. The van der Waals surface area contributed by atoms with E-state index in [0.29, 0.717) is 5.56 Å². The zero-order valence-electron chi connectivity index (χ0n) is 11.5. The summed E-state index contributed by atoms with van der Waals surface area (Å²) in [6.45, 7) is 5.11. The molecule has 1 aliphatic rings. The predicted molar refractivity (Wildman–Crippen MR) is 73.9 cm³/mol. The van der Waals surface area contributed by atoms with Gasteiger partial charge in [0, 0.05) is 5.56 Å². The molecule has 1 aliphatic carbocycles. The van der Waals surface area contributed by atoms with Gasteiger partial charge in [-0.1, -0.05) is 23.7 Å². The lowest BCUT2D eigenvalue weighted by Crippen LogP contribution is -2.48. The van der Waals surface area contributed by atoms with E-state index < -0.39 is 28.9 Å². The van der Waals surface area contributed by atoms with E-state index in [0.717, 1.165) is 0 Å². The maximum absolute atomic E-state index is 12.5. The van der Waals surface area contributed by atoms with E-state index in [1.54, 1.807) is 39.0 Å². The smallest absolute Gasteiger partial charge is 0.324 e. The van der Waals surface area contributed by atoms with Crippen molar-refractivity contribution >= 4 is 29.1 Å². The molecule has 1 unspecified atom stereocenters. The number of ether oxygens (including phenoxy) is 1. The second kappa shape index (κ2) is 5.02. The van der Waals surface area contributed by atoms with Crippen molar-refractivity contribution in [3.63, 3.8) is 0 Å². The van der Waals surface area contributed by atoms with Crippen LogP contribution in [0, 0.1) is 5.92 Å². The Morgan fingerprint density at radius 3 is 2.60 bits per heavy atom. The van der Waals surface area contributed by atoms with Gasteiger partial charge in [-0.15, -0.1) is 0 Å². The number of ketones is 2. The third-order valence-corrected chi connectivity index (χ3v) is 3.91. The van der Waals surface area contributed by atoms with Crippen LogP contribution in [0.1, 0.15) is 36.7 Å². The molecule has 0 heterocycles. The van der Waals surface area contributed by atoms with Crippen molar-refractivity contribution in [2.45, 2.75) is 26.2 Å². The first kappa shape index (κ1) is 14.7. The molecule has 0 spiro atoms. The normalized spacial score (nSPS) is 20.5. The minimum atomic E-state index is -1.42. The number of rotatable bonds is 2. The lowest BCUT2D eigenvalue weighted by molar-refractivity contribution is -0.150. The van der Waals surface area contributed by atoms with Crippen LogP contribution in [0.4, 0.5) is 0 Å². The van der Waals surface area contributed by atoms with Gasteiger partial charge < -0.3 is 4.74 Å². The molecule has 1 aromatic carbocycles. The van der Waals surface area contributed by atoms with Crippen LogP contribution in [0.3, 0.4) is 0 Å². The molecular weight excluding hydrogens is 280 g/mol. The van der Waals surface area contributed by atoms with Crippen molar-refractivity contribution < 1.29 is 19.1 Å². The van der Waals surface area contributed by atoms with E-state index in [1.165, 1.54) is 0 Å². The summed E-state index contributed by atoms with van der Waals surface area (Å²) in [6, 6.07) is 4.96. The third-order valence-electron chi connectivity index (χ3n) is 3.60. The SMILES string of the molecule is CCOC(=O)C1C(=O)c2c(Cl)cccc2C(C)(C)C1=O. The van der Waals surface area contributed by atoms with Crippen LogP contribution in [0.15, 0.2) is 18.2 Å². The van der Waals surface area contributed by atoms with Crippen molar-refractivity contribution in [1.29, 1.82) is 0 Å². The van der Waals surface area contributed by atoms with Crippen LogP contribution < -0.4 is 0 Å². The number of esters is 1. The quantitative estimate of drug-likeness (QED) is 0.621. The molecule has 1 atom stereocenters. The van der Waals surface area contributed by atoms with Gasteiger partial charge in [-0.3, -0.25) is 14.4 Å². The highest BCUT2D eigenvalue weighted by Crippen LogP contribution is 2.40. The van der Waals surface area contributed by atoms with E-state index in [1.807, 2.05) is 0 Å². The molecule has 0 aromatic heterocycles. The molecule has 0 N–H and O–H groups in total. The molecule has 2 rings (SSSR count). The van der Waals surface area contributed by atoms with Crippen molar-refractivity contribution in [3.05, 3.63) is 34.3 Å². The van der Waals surface area contributed by atoms with Crippen molar-refractivity contribution in [2.24, 2.45) is 5.92 Å². The summed E-state index contributed by atoms with van der Waals surface area (Å²) in [5, 5.41) is 0.252. The fourth-order valence-electron chi connectivity index (χ4n) is 2.49. The molecule has 4 nitrogen and oxygen atoms in total. The summed E-state index contributed by atoms with van der Waals surface area (Å²) in [5.41, 5.74) is -0.150. The maximum atomic E-state index is 12.5. The van der Waals surface area contributed by atoms with Gasteiger partial charge in [0.25, 0.3) is 0 Å². The van der Waals surface area contributed by atoms with Gasteiger partial charge in [0.05, 0.1) is 17.0 Å². The van der Waals surface area contributed by atoms with Crippen molar-refractivity contribution in [1.82, 2.24) is 0 Å². The highest BCUT2D eigenvalue weighted by Gasteiger charge is 2.50. The van der Waals surface area contributed by atoms with E-state index >= 15 is 0 Å². The fraction of sp³-hybridized carbons (Fsp3) is 0.400. The first-order valence-corrected chi connectivity index (χ1v) is 6.74. The standard InChI is InChI=1S/C15H15ClO4/c1-4-20-14(19)11-12(17)10-8(6-5-7-9(10)16)15(2,3)13(11)18/h5-7,11H,4H2,1-3H3. The Balaban J connectivity index is 2.63. The second-order valence-corrected chi connectivity index (χ2v) is 5.61. The van der Waals surface area contributed by atoms with E-state index in [9.17, 15) is 14.4 Å². The zero-order chi connectivity index (χ0) is 15.1. The lowest BCUT2D eigenvalue weighted by Gasteiger charge is -2.34. The summed E-state index contributed by atoms with van der Waals surface area (Å²) in [6.07, 6.45) is 0. The predicted octanol–water partition coefficient (Wildman–Crippen LogP) is 2.56. The van der Waals surface area contributed by atoms with Crippen LogP contribution in [0.5, 0.6) is 0 Å². The summed E-state index contributed by atoms with van der Waals surface area (Å²) in [7, 11) is 0. The summed E-state index contributed by atoms with van der Waals surface area (Å²) in [4.78, 5) is 36.8. The van der Waals surface area contributed by atoms with Crippen LogP contribution >= 0.6 is 11.6 Å². The zero-order valence-corrected chi connectivity index (χ0v) is 12.3. The number of hydrogen-bond acceptors (Lipinski definition) is 4. The van der Waals surface area contributed by atoms with Gasteiger partial charge in [0.15, 0.2) is 17.5 Å². The van der Waals surface area contributed by atoms with Gasteiger partial charge >= 0.3 is 5.97 Å². The molecule has 0 radical (unpaired) electrons. The Labute approximate surface area is 122 Å². The third kappa shape index (κ3) is 2.04. The molecule has 0 aliphatic heterocycles. The number of Topliss-reactive ketones (excluding diaryl/α,β-unsaturated/α-hetero) is 2. The molecule has 5 heteroatoms. The van der Waals surface area contributed by atoms with Gasteiger partial charge in [0.1, 0.15) is 0 Å². The Kier molecular flexibility index (Phi) is 3.69. The number of carbonyl (C=O) groups is 3. The Bertz CT molecular complexity index is 604. The van der Waals surface area contributed by atoms with Crippen LogP contribution in [0.25, 0.3) is 0 Å². The molecule has 106 valence electrons. The monoisotopic (exact) mass is 294 g/mol. The van der Waals surface area contributed by atoms with Gasteiger partial charge in [-0.05, 0) is 32.4 Å². The van der Waals surface area contributed by atoms with Crippen molar-refractivity contribution in [2.75, 3.05) is 6.61 Å². The average Bonchev–Trinajstić information content (AvgIpc) is 2.37. The lowest BCUT2D eigenvalue weighted by atomic mass is 9.67. The maximum Gasteiger partial charge on any atom is 0.324 e. The number of hydrogen-bond donors (Lipinski definition) is 0. The minimum Gasteiger partial charge on any atom is -0.465 e. The highest BCUT2D eigenvalue weighted by atomic mass is 35.5. The molecule has 0 saturated heterocycles. The first-order chi connectivity index (χ1) is 9.32. The number of benzene rings is 1. The molecule has 0 bridgehead atoms. The number of fused-ring (bicyclic) bond motifs is 1.